The van der Waals surface area contributed by atoms with Gasteiger partial charge in [0, 0.05) is 6.61 Å². The number of hydrogen-bond acceptors (Lipinski definition) is 2. The molecule has 13 heavy (non-hydrogen) atoms. The molecule has 0 aromatic heterocycles. The molecule has 1 amide bonds. The first-order chi connectivity index (χ1) is 6.33. The fourth-order valence-corrected chi connectivity index (χ4v) is 1.15. The average molecular weight is 208 g/mol. The number of rotatable bonds is 2. The number of halogens is 1. The highest BCUT2D eigenvalue weighted by Gasteiger charge is 2.14. The van der Waals surface area contributed by atoms with E-state index in [9.17, 15) is 4.79 Å². The van der Waals surface area contributed by atoms with E-state index in [4.69, 9.17) is 16.3 Å². The fourth-order valence-electron chi connectivity index (χ4n) is 1.07. The molecule has 0 saturated carbocycles. The monoisotopic (exact) mass is 207 g/mol. The number of hydrogen-bond donors (Lipinski definition) is 1. The largest absolute Gasteiger partial charge is 0.359 e. The van der Waals surface area contributed by atoms with Crippen LogP contribution >= 0.6 is 11.6 Å². The second-order valence-corrected chi connectivity index (χ2v) is 2.82. The van der Waals surface area contributed by atoms with Crippen LogP contribution in [0.3, 0.4) is 0 Å². The summed E-state index contributed by atoms with van der Waals surface area (Å²) in [6.45, 7) is 4.74. The molecule has 1 saturated heterocycles. The molecule has 1 N–H and O–H groups in total. The van der Waals surface area contributed by atoms with E-state index in [1.807, 2.05) is 13.8 Å². The number of ether oxygens (including phenoxy) is 1. The SMILES string of the molecule is CC.O=C(CCl)N[C@H]1CCCCO1. The summed E-state index contributed by atoms with van der Waals surface area (Å²) < 4.78 is 5.26. The van der Waals surface area contributed by atoms with Gasteiger partial charge in [-0.15, -0.1) is 11.6 Å². The molecule has 0 radical (unpaired) electrons. The first-order valence-electron chi connectivity index (χ1n) is 4.80. The van der Waals surface area contributed by atoms with E-state index in [0.717, 1.165) is 25.9 Å². The van der Waals surface area contributed by atoms with Crippen molar-refractivity contribution in [2.24, 2.45) is 0 Å². The van der Waals surface area contributed by atoms with Crippen molar-refractivity contribution in [3.05, 3.63) is 0 Å². The molecule has 0 spiro atoms. The minimum atomic E-state index is -0.154. The zero-order valence-electron chi connectivity index (χ0n) is 8.31. The Morgan fingerprint density at radius 1 is 1.54 bits per heavy atom. The predicted molar refractivity (Wildman–Crippen MR) is 53.8 cm³/mol. The lowest BCUT2D eigenvalue weighted by Gasteiger charge is -2.22. The summed E-state index contributed by atoms with van der Waals surface area (Å²) in [4.78, 5) is 10.8. The van der Waals surface area contributed by atoms with Crippen LogP contribution in [0.2, 0.25) is 0 Å². The summed E-state index contributed by atoms with van der Waals surface area (Å²) in [5.74, 6) is -0.140. The highest BCUT2D eigenvalue weighted by Crippen LogP contribution is 2.09. The van der Waals surface area contributed by atoms with Crippen LogP contribution in [0.5, 0.6) is 0 Å². The van der Waals surface area contributed by atoms with Crippen molar-refractivity contribution in [3.8, 4) is 0 Å². The summed E-state index contributed by atoms with van der Waals surface area (Å²) in [5, 5.41) is 2.68. The molecule has 0 aromatic rings. The Hall–Kier alpha value is -0.280. The molecule has 0 aliphatic carbocycles. The summed E-state index contributed by atoms with van der Waals surface area (Å²) in [6, 6.07) is 0. The van der Waals surface area contributed by atoms with Gasteiger partial charge in [0.2, 0.25) is 5.91 Å². The second-order valence-electron chi connectivity index (χ2n) is 2.56. The van der Waals surface area contributed by atoms with Gasteiger partial charge in [-0.1, -0.05) is 13.8 Å². The lowest BCUT2D eigenvalue weighted by molar-refractivity contribution is -0.124. The van der Waals surface area contributed by atoms with Crippen LogP contribution in [0, 0.1) is 0 Å². The van der Waals surface area contributed by atoms with E-state index in [0.29, 0.717) is 0 Å². The Morgan fingerprint density at radius 2 is 2.23 bits per heavy atom. The van der Waals surface area contributed by atoms with E-state index in [2.05, 4.69) is 5.32 Å². The Bertz CT molecular complexity index is 136. The molecule has 1 atom stereocenters. The first-order valence-corrected chi connectivity index (χ1v) is 5.33. The Kier molecular flexibility index (Phi) is 8.14. The number of nitrogens with one attached hydrogen (secondary N) is 1. The number of amides is 1. The van der Waals surface area contributed by atoms with Gasteiger partial charge >= 0.3 is 0 Å². The highest BCUT2D eigenvalue weighted by molar-refractivity contribution is 6.27. The van der Waals surface area contributed by atoms with Crippen LogP contribution in [0.4, 0.5) is 0 Å². The molecule has 3 nitrogen and oxygen atoms in total. The van der Waals surface area contributed by atoms with E-state index in [1.54, 1.807) is 0 Å². The molecule has 1 aliphatic rings. The first kappa shape index (κ1) is 12.7. The highest BCUT2D eigenvalue weighted by atomic mass is 35.5. The third-order valence-electron chi connectivity index (χ3n) is 1.62. The van der Waals surface area contributed by atoms with Crippen molar-refractivity contribution in [2.75, 3.05) is 12.5 Å². The van der Waals surface area contributed by atoms with Crippen LogP contribution in [-0.4, -0.2) is 24.6 Å². The Balaban J connectivity index is 0.000000671. The minimum Gasteiger partial charge on any atom is -0.359 e. The maximum Gasteiger partial charge on any atom is 0.236 e. The maximum atomic E-state index is 10.8. The smallest absolute Gasteiger partial charge is 0.236 e. The summed E-state index contributed by atoms with van der Waals surface area (Å²) in [6.07, 6.45) is 3.01. The third kappa shape index (κ3) is 5.88. The lowest BCUT2D eigenvalue weighted by Crippen LogP contribution is -2.39. The van der Waals surface area contributed by atoms with E-state index < -0.39 is 0 Å². The van der Waals surface area contributed by atoms with Crippen LogP contribution < -0.4 is 5.32 Å². The van der Waals surface area contributed by atoms with Gasteiger partial charge in [0.05, 0.1) is 0 Å². The minimum absolute atomic E-state index is 0.0137. The van der Waals surface area contributed by atoms with E-state index in [1.165, 1.54) is 0 Å². The number of carbonyl (C=O) groups excluding carboxylic acids is 1. The summed E-state index contributed by atoms with van der Waals surface area (Å²) >= 11 is 5.30. The van der Waals surface area contributed by atoms with Crippen molar-refractivity contribution >= 4 is 17.5 Å². The summed E-state index contributed by atoms with van der Waals surface area (Å²) in [7, 11) is 0. The molecule has 0 aromatic carbocycles. The van der Waals surface area contributed by atoms with Crippen molar-refractivity contribution in [3.63, 3.8) is 0 Å². The molecular formula is C9H18ClNO2. The maximum absolute atomic E-state index is 10.8. The lowest BCUT2D eigenvalue weighted by atomic mass is 10.2. The quantitative estimate of drug-likeness (QED) is 0.703. The van der Waals surface area contributed by atoms with Crippen molar-refractivity contribution in [2.45, 2.75) is 39.3 Å². The zero-order valence-corrected chi connectivity index (χ0v) is 9.06. The molecule has 4 heteroatoms. The fraction of sp³-hybridized carbons (Fsp3) is 0.889. The van der Waals surface area contributed by atoms with Crippen molar-refractivity contribution in [1.29, 1.82) is 0 Å². The summed E-state index contributed by atoms with van der Waals surface area (Å²) in [5.41, 5.74) is 0. The van der Waals surface area contributed by atoms with E-state index >= 15 is 0 Å². The molecular weight excluding hydrogens is 190 g/mol. The normalized spacial score (nSPS) is 21.3. The third-order valence-corrected chi connectivity index (χ3v) is 1.87. The topological polar surface area (TPSA) is 38.3 Å². The van der Waals surface area contributed by atoms with Gasteiger partial charge in [-0.3, -0.25) is 4.79 Å². The van der Waals surface area contributed by atoms with Crippen LogP contribution in [0.1, 0.15) is 33.1 Å². The van der Waals surface area contributed by atoms with Crippen molar-refractivity contribution < 1.29 is 9.53 Å². The molecule has 78 valence electrons. The van der Waals surface area contributed by atoms with Crippen LogP contribution in [0.25, 0.3) is 0 Å². The molecule has 1 aliphatic heterocycles. The van der Waals surface area contributed by atoms with E-state index in [-0.39, 0.29) is 18.0 Å². The second kappa shape index (κ2) is 8.32. The van der Waals surface area contributed by atoms with Crippen molar-refractivity contribution in [1.82, 2.24) is 5.32 Å². The number of carbonyl (C=O) groups is 1. The van der Waals surface area contributed by atoms with Crippen LogP contribution in [0.15, 0.2) is 0 Å². The standard InChI is InChI=1S/C7H12ClNO2.C2H6/c8-5-6(10)9-7-3-1-2-4-11-7;1-2/h7H,1-5H2,(H,9,10);1-2H3/t7-;/m1./s1. The predicted octanol–water partition coefficient (Wildman–Crippen LogP) is 1.89. The number of alkyl halides is 1. The van der Waals surface area contributed by atoms with Gasteiger partial charge in [0.25, 0.3) is 0 Å². The molecule has 1 fully saturated rings. The van der Waals surface area contributed by atoms with Gasteiger partial charge in [0.15, 0.2) is 0 Å². The Labute approximate surface area is 84.8 Å². The zero-order chi connectivity index (χ0) is 10.1. The molecule has 0 unspecified atom stereocenters. The molecule has 1 heterocycles. The molecule has 0 bridgehead atoms. The molecule has 1 rings (SSSR count). The van der Waals surface area contributed by atoms with Gasteiger partial charge in [-0.05, 0) is 19.3 Å². The Morgan fingerprint density at radius 3 is 2.69 bits per heavy atom. The average Bonchev–Trinajstić information content (AvgIpc) is 2.22. The van der Waals surface area contributed by atoms with Crippen LogP contribution in [-0.2, 0) is 9.53 Å². The van der Waals surface area contributed by atoms with Gasteiger partial charge in [-0.2, -0.15) is 0 Å². The van der Waals surface area contributed by atoms with Gasteiger partial charge in [0.1, 0.15) is 12.1 Å². The van der Waals surface area contributed by atoms with Gasteiger partial charge in [-0.25, -0.2) is 0 Å². The van der Waals surface area contributed by atoms with Gasteiger partial charge < -0.3 is 10.1 Å².